The molecular formula is C15H24IN3S. The van der Waals surface area contributed by atoms with Crippen molar-refractivity contribution in [1.29, 1.82) is 0 Å². The van der Waals surface area contributed by atoms with Gasteiger partial charge >= 0.3 is 0 Å². The maximum Gasteiger partial charge on any atom is 0.188 e. The summed E-state index contributed by atoms with van der Waals surface area (Å²) in [5.74, 6) is 0.538. The molecule has 1 aromatic rings. The quantitative estimate of drug-likeness (QED) is 0.458. The number of hydrogen-bond donors (Lipinski definition) is 2. The SMILES string of the molecule is CN=C(N)NCC1(Sc2ccc(C)cc2)CCCC1.I. The van der Waals surface area contributed by atoms with E-state index in [4.69, 9.17) is 5.73 Å². The third-order valence-electron chi connectivity index (χ3n) is 3.70. The smallest absolute Gasteiger partial charge is 0.188 e. The Morgan fingerprint density at radius 2 is 1.90 bits per heavy atom. The summed E-state index contributed by atoms with van der Waals surface area (Å²) in [5, 5.41) is 3.25. The Bertz CT molecular complexity index is 439. The van der Waals surface area contributed by atoms with Gasteiger partial charge in [0.15, 0.2) is 5.96 Å². The van der Waals surface area contributed by atoms with Gasteiger partial charge in [-0.1, -0.05) is 30.5 Å². The highest BCUT2D eigenvalue weighted by atomic mass is 127. The van der Waals surface area contributed by atoms with Crippen LogP contribution in [-0.2, 0) is 0 Å². The molecule has 1 fully saturated rings. The summed E-state index contributed by atoms with van der Waals surface area (Å²) in [4.78, 5) is 5.32. The van der Waals surface area contributed by atoms with Gasteiger partial charge in [-0.3, -0.25) is 4.99 Å². The second kappa shape index (κ2) is 8.12. The van der Waals surface area contributed by atoms with E-state index in [1.165, 1.54) is 36.1 Å². The van der Waals surface area contributed by atoms with Gasteiger partial charge in [-0.2, -0.15) is 0 Å². The second-order valence-electron chi connectivity index (χ2n) is 5.27. The van der Waals surface area contributed by atoms with Crippen LogP contribution in [0.1, 0.15) is 31.2 Å². The van der Waals surface area contributed by atoms with Crippen molar-refractivity contribution in [2.24, 2.45) is 10.7 Å². The molecule has 0 radical (unpaired) electrons. The van der Waals surface area contributed by atoms with Gasteiger partial charge in [-0.25, -0.2) is 0 Å². The average Bonchev–Trinajstić information content (AvgIpc) is 2.88. The van der Waals surface area contributed by atoms with Crippen LogP contribution < -0.4 is 11.1 Å². The summed E-state index contributed by atoms with van der Waals surface area (Å²) in [6.45, 7) is 3.02. The number of rotatable bonds is 4. The Hall–Kier alpha value is -0.430. The van der Waals surface area contributed by atoms with Gasteiger partial charge in [0.2, 0.25) is 0 Å². The number of guanidine groups is 1. The zero-order valence-electron chi connectivity index (χ0n) is 12.2. The first kappa shape index (κ1) is 17.6. The number of halogens is 1. The molecule has 0 heterocycles. The summed E-state index contributed by atoms with van der Waals surface area (Å²) >= 11 is 1.99. The standard InChI is InChI=1S/C15H23N3S.HI/c1-12-5-7-13(8-6-12)19-15(9-3-4-10-15)11-18-14(16)17-2;/h5-8H,3-4,9-11H2,1-2H3,(H3,16,17,18);1H. The lowest BCUT2D eigenvalue weighted by Gasteiger charge is -2.29. The number of hydrogen-bond acceptors (Lipinski definition) is 2. The van der Waals surface area contributed by atoms with E-state index in [-0.39, 0.29) is 28.7 Å². The van der Waals surface area contributed by atoms with E-state index >= 15 is 0 Å². The number of aliphatic imine (C=N–C) groups is 1. The molecule has 1 aromatic carbocycles. The highest BCUT2D eigenvalue weighted by molar-refractivity contribution is 14.0. The minimum Gasteiger partial charge on any atom is -0.370 e. The molecule has 0 aliphatic heterocycles. The van der Waals surface area contributed by atoms with Crippen molar-refractivity contribution >= 4 is 41.7 Å². The fraction of sp³-hybridized carbons (Fsp3) is 0.533. The molecular weight excluding hydrogens is 381 g/mol. The summed E-state index contributed by atoms with van der Waals surface area (Å²) in [7, 11) is 1.72. The van der Waals surface area contributed by atoms with Crippen molar-refractivity contribution in [2.75, 3.05) is 13.6 Å². The van der Waals surface area contributed by atoms with Gasteiger partial charge in [0, 0.05) is 23.2 Å². The van der Waals surface area contributed by atoms with Crippen LogP contribution in [0.25, 0.3) is 0 Å². The van der Waals surface area contributed by atoms with Gasteiger partial charge in [-0.15, -0.1) is 35.7 Å². The molecule has 0 amide bonds. The number of nitrogens with zero attached hydrogens (tertiary/aromatic N) is 1. The first-order valence-electron chi connectivity index (χ1n) is 6.85. The normalized spacial score (nSPS) is 17.6. The van der Waals surface area contributed by atoms with Crippen LogP contribution in [0.4, 0.5) is 0 Å². The van der Waals surface area contributed by atoms with Gasteiger partial charge < -0.3 is 11.1 Å². The lowest BCUT2D eigenvalue weighted by Crippen LogP contribution is -2.42. The van der Waals surface area contributed by atoms with Crippen molar-refractivity contribution in [3.63, 3.8) is 0 Å². The van der Waals surface area contributed by atoms with E-state index < -0.39 is 0 Å². The monoisotopic (exact) mass is 405 g/mol. The molecule has 0 saturated heterocycles. The van der Waals surface area contributed by atoms with Gasteiger partial charge in [0.1, 0.15) is 0 Å². The van der Waals surface area contributed by atoms with E-state index in [2.05, 4.69) is 41.5 Å². The zero-order chi connectivity index (χ0) is 13.7. The Labute approximate surface area is 143 Å². The molecule has 5 heteroatoms. The molecule has 1 aliphatic rings. The minimum atomic E-state index is 0. The number of nitrogens with one attached hydrogen (secondary N) is 1. The van der Waals surface area contributed by atoms with E-state index in [1.54, 1.807) is 7.05 Å². The van der Waals surface area contributed by atoms with Gasteiger partial charge in [0.05, 0.1) is 0 Å². The van der Waals surface area contributed by atoms with Crippen molar-refractivity contribution in [3.8, 4) is 0 Å². The third kappa shape index (κ3) is 4.84. The highest BCUT2D eigenvalue weighted by Crippen LogP contribution is 2.44. The number of nitrogens with two attached hydrogens (primary N) is 1. The second-order valence-corrected chi connectivity index (χ2v) is 6.81. The average molecular weight is 405 g/mol. The van der Waals surface area contributed by atoms with Crippen LogP contribution in [0.5, 0.6) is 0 Å². The Morgan fingerprint density at radius 3 is 2.45 bits per heavy atom. The molecule has 1 aliphatic carbocycles. The molecule has 0 spiro atoms. The minimum absolute atomic E-state index is 0. The summed E-state index contributed by atoms with van der Waals surface area (Å²) < 4.78 is 0.268. The van der Waals surface area contributed by atoms with Crippen LogP contribution in [0.2, 0.25) is 0 Å². The molecule has 0 unspecified atom stereocenters. The lowest BCUT2D eigenvalue weighted by atomic mass is 10.1. The highest BCUT2D eigenvalue weighted by Gasteiger charge is 2.34. The first-order chi connectivity index (χ1) is 9.13. The van der Waals surface area contributed by atoms with Crippen LogP contribution in [-0.4, -0.2) is 24.3 Å². The topological polar surface area (TPSA) is 50.4 Å². The molecule has 0 bridgehead atoms. The number of thioether (sulfide) groups is 1. The number of aryl methyl sites for hydroxylation is 1. The Kier molecular flexibility index (Phi) is 7.15. The lowest BCUT2D eigenvalue weighted by molar-refractivity contribution is 0.588. The van der Waals surface area contributed by atoms with Crippen LogP contribution in [0.3, 0.4) is 0 Å². The molecule has 0 atom stereocenters. The van der Waals surface area contributed by atoms with Crippen molar-refractivity contribution < 1.29 is 0 Å². The predicted octanol–water partition coefficient (Wildman–Crippen LogP) is 3.55. The van der Waals surface area contributed by atoms with Crippen LogP contribution in [0, 0.1) is 6.92 Å². The molecule has 2 rings (SSSR count). The van der Waals surface area contributed by atoms with Gasteiger partial charge in [-0.05, 0) is 31.9 Å². The fourth-order valence-electron chi connectivity index (χ4n) is 2.52. The van der Waals surface area contributed by atoms with Crippen molar-refractivity contribution in [2.45, 2.75) is 42.2 Å². The molecule has 20 heavy (non-hydrogen) atoms. The largest absolute Gasteiger partial charge is 0.370 e. The zero-order valence-corrected chi connectivity index (χ0v) is 15.3. The van der Waals surface area contributed by atoms with Crippen molar-refractivity contribution in [1.82, 2.24) is 5.32 Å². The summed E-state index contributed by atoms with van der Waals surface area (Å²) in [6.07, 6.45) is 5.11. The molecule has 3 N–H and O–H groups in total. The molecule has 1 saturated carbocycles. The van der Waals surface area contributed by atoms with Gasteiger partial charge in [0.25, 0.3) is 0 Å². The Morgan fingerprint density at radius 1 is 1.30 bits per heavy atom. The first-order valence-corrected chi connectivity index (χ1v) is 7.67. The van der Waals surface area contributed by atoms with Crippen LogP contribution >= 0.6 is 35.7 Å². The molecule has 0 aromatic heterocycles. The van der Waals surface area contributed by atoms with E-state index in [1.807, 2.05) is 11.8 Å². The van der Waals surface area contributed by atoms with Crippen LogP contribution in [0.15, 0.2) is 34.2 Å². The third-order valence-corrected chi connectivity index (χ3v) is 5.20. The maximum absolute atomic E-state index is 5.75. The summed E-state index contributed by atoms with van der Waals surface area (Å²) in [5.41, 5.74) is 7.06. The molecule has 3 nitrogen and oxygen atoms in total. The fourth-order valence-corrected chi connectivity index (χ4v) is 3.93. The Balaban J connectivity index is 0.00000200. The van der Waals surface area contributed by atoms with Crippen molar-refractivity contribution in [3.05, 3.63) is 29.8 Å². The number of benzene rings is 1. The van der Waals surface area contributed by atoms with E-state index in [0.717, 1.165) is 6.54 Å². The predicted molar refractivity (Wildman–Crippen MR) is 99.2 cm³/mol. The maximum atomic E-state index is 5.75. The van der Waals surface area contributed by atoms with E-state index in [9.17, 15) is 0 Å². The molecule has 112 valence electrons. The van der Waals surface area contributed by atoms with E-state index in [0.29, 0.717) is 5.96 Å². The summed E-state index contributed by atoms with van der Waals surface area (Å²) in [6, 6.07) is 8.80.